The molecule has 1 aliphatic carbocycles. The molecule has 0 saturated heterocycles. The molecule has 6 heteroatoms. The number of aryl methyl sites for hydroxylation is 1. The summed E-state index contributed by atoms with van der Waals surface area (Å²) in [7, 11) is 0. The average molecular weight is 307 g/mol. The maximum atomic E-state index is 13.3. The Hall–Kier alpha value is -1.95. The predicted molar refractivity (Wildman–Crippen MR) is 78.2 cm³/mol. The van der Waals surface area contributed by atoms with Gasteiger partial charge in [-0.1, -0.05) is 0 Å². The van der Waals surface area contributed by atoms with Crippen LogP contribution in [0.15, 0.2) is 18.2 Å². The number of aliphatic carboxylic acids is 1. The summed E-state index contributed by atoms with van der Waals surface area (Å²) in [4.78, 5) is 25.5. The molecule has 4 nitrogen and oxygen atoms in total. The molecule has 1 aromatic heterocycles. The van der Waals surface area contributed by atoms with Crippen molar-refractivity contribution in [2.24, 2.45) is 0 Å². The summed E-state index contributed by atoms with van der Waals surface area (Å²) < 4.78 is 14.2. The van der Waals surface area contributed by atoms with Crippen LogP contribution in [0.1, 0.15) is 28.1 Å². The SMILES string of the molecule is Cc1c(C(=O)N(CC(=O)O)C2CC2)sc2ccc(F)cc12. The highest BCUT2D eigenvalue weighted by atomic mass is 32.1. The Morgan fingerprint density at radius 1 is 1.43 bits per heavy atom. The van der Waals surface area contributed by atoms with Gasteiger partial charge in [0.2, 0.25) is 0 Å². The molecule has 0 radical (unpaired) electrons. The second-order valence-electron chi connectivity index (χ2n) is 5.25. The molecule has 1 N–H and O–H groups in total. The van der Waals surface area contributed by atoms with Gasteiger partial charge in [-0.15, -0.1) is 11.3 Å². The number of carbonyl (C=O) groups is 2. The summed E-state index contributed by atoms with van der Waals surface area (Å²) in [5.41, 5.74) is 0.718. The van der Waals surface area contributed by atoms with E-state index in [1.165, 1.54) is 28.4 Å². The minimum absolute atomic E-state index is 0.0231. The maximum absolute atomic E-state index is 13.3. The van der Waals surface area contributed by atoms with Crippen molar-refractivity contribution in [1.82, 2.24) is 4.90 Å². The van der Waals surface area contributed by atoms with E-state index in [9.17, 15) is 14.0 Å². The van der Waals surface area contributed by atoms with Crippen LogP contribution in [0.25, 0.3) is 10.1 Å². The predicted octanol–water partition coefficient (Wildman–Crippen LogP) is 3.04. The molecular weight excluding hydrogens is 293 g/mol. The zero-order chi connectivity index (χ0) is 15.1. The highest BCUT2D eigenvalue weighted by Gasteiger charge is 2.35. The molecule has 1 saturated carbocycles. The van der Waals surface area contributed by atoms with Gasteiger partial charge in [0.15, 0.2) is 0 Å². The molecular formula is C15H14FNO3S. The van der Waals surface area contributed by atoms with Crippen LogP contribution in [0.3, 0.4) is 0 Å². The Kier molecular flexibility index (Phi) is 3.41. The van der Waals surface area contributed by atoms with Crippen LogP contribution in [0, 0.1) is 12.7 Å². The van der Waals surface area contributed by atoms with E-state index in [1.807, 2.05) is 0 Å². The molecule has 1 aliphatic rings. The number of carboxylic acid groups (broad SMARTS) is 1. The Bertz CT molecular complexity index is 736. The summed E-state index contributed by atoms with van der Waals surface area (Å²) >= 11 is 1.29. The molecule has 1 heterocycles. The molecule has 2 aromatic rings. The Morgan fingerprint density at radius 2 is 2.14 bits per heavy atom. The van der Waals surface area contributed by atoms with Crippen molar-refractivity contribution < 1.29 is 19.1 Å². The minimum atomic E-state index is -1.01. The Labute approximate surface area is 124 Å². The van der Waals surface area contributed by atoms with Gasteiger partial charge in [-0.25, -0.2) is 4.39 Å². The molecule has 1 amide bonds. The van der Waals surface area contributed by atoms with E-state index in [0.717, 1.165) is 28.5 Å². The third kappa shape index (κ3) is 2.63. The molecule has 0 spiro atoms. The van der Waals surface area contributed by atoms with E-state index >= 15 is 0 Å². The van der Waals surface area contributed by atoms with E-state index in [4.69, 9.17) is 5.11 Å². The van der Waals surface area contributed by atoms with Crippen LogP contribution < -0.4 is 0 Å². The fourth-order valence-electron chi connectivity index (χ4n) is 2.43. The van der Waals surface area contributed by atoms with Gasteiger partial charge in [0.25, 0.3) is 5.91 Å². The van der Waals surface area contributed by atoms with Gasteiger partial charge in [0.05, 0.1) is 4.88 Å². The van der Waals surface area contributed by atoms with Crippen molar-refractivity contribution in [3.63, 3.8) is 0 Å². The number of fused-ring (bicyclic) bond motifs is 1. The first kappa shape index (κ1) is 14.0. The third-order valence-electron chi connectivity index (χ3n) is 3.65. The molecule has 0 aliphatic heterocycles. The first-order valence-corrected chi connectivity index (χ1v) is 7.50. The number of thiophene rings is 1. The lowest BCUT2D eigenvalue weighted by molar-refractivity contribution is -0.137. The van der Waals surface area contributed by atoms with Gasteiger partial charge in [0.1, 0.15) is 12.4 Å². The quantitative estimate of drug-likeness (QED) is 0.944. The van der Waals surface area contributed by atoms with Crippen LogP contribution in [0.2, 0.25) is 0 Å². The maximum Gasteiger partial charge on any atom is 0.323 e. The smallest absolute Gasteiger partial charge is 0.323 e. The van der Waals surface area contributed by atoms with Crippen molar-refractivity contribution in [1.29, 1.82) is 0 Å². The lowest BCUT2D eigenvalue weighted by Crippen LogP contribution is -2.37. The number of rotatable bonds is 4. The van der Waals surface area contributed by atoms with E-state index in [1.54, 1.807) is 13.0 Å². The molecule has 3 rings (SSSR count). The van der Waals surface area contributed by atoms with Gasteiger partial charge >= 0.3 is 5.97 Å². The normalized spacial score (nSPS) is 14.4. The van der Waals surface area contributed by atoms with E-state index in [0.29, 0.717) is 4.88 Å². The van der Waals surface area contributed by atoms with Crippen LogP contribution in [0.5, 0.6) is 0 Å². The van der Waals surface area contributed by atoms with Gasteiger partial charge < -0.3 is 10.0 Å². The van der Waals surface area contributed by atoms with Crippen molar-refractivity contribution in [3.05, 3.63) is 34.5 Å². The minimum Gasteiger partial charge on any atom is -0.480 e. The van der Waals surface area contributed by atoms with Gasteiger partial charge in [-0.3, -0.25) is 9.59 Å². The Balaban J connectivity index is 2.00. The summed E-state index contributed by atoms with van der Waals surface area (Å²) in [5.74, 6) is -1.62. The number of halogens is 1. The standard InChI is InChI=1S/C15H14FNO3S/c1-8-11-6-9(16)2-5-12(11)21-14(8)15(20)17(7-13(18)19)10-3-4-10/h2,5-6,10H,3-4,7H2,1H3,(H,18,19). The zero-order valence-corrected chi connectivity index (χ0v) is 12.2. The van der Waals surface area contributed by atoms with Crippen LogP contribution in [-0.4, -0.2) is 34.5 Å². The molecule has 0 bridgehead atoms. The second-order valence-corrected chi connectivity index (χ2v) is 6.31. The highest BCUT2D eigenvalue weighted by Crippen LogP contribution is 2.35. The number of nitrogens with zero attached hydrogens (tertiary/aromatic N) is 1. The molecule has 0 unspecified atom stereocenters. The lowest BCUT2D eigenvalue weighted by Gasteiger charge is -2.19. The Morgan fingerprint density at radius 3 is 2.76 bits per heavy atom. The van der Waals surface area contributed by atoms with E-state index in [2.05, 4.69) is 0 Å². The van der Waals surface area contributed by atoms with Gasteiger partial charge in [-0.2, -0.15) is 0 Å². The number of benzene rings is 1. The summed E-state index contributed by atoms with van der Waals surface area (Å²) in [5, 5.41) is 9.68. The second kappa shape index (κ2) is 5.11. The van der Waals surface area contributed by atoms with Crippen LogP contribution in [-0.2, 0) is 4.79 Å². The van der Waals surface area contributed by atoms with Crippen molar-refractivity contribution in [2.45, 2.75) is 25.8 Å². The van der Waals surface area contributed by atoms with Crippen LogP contribution in [0.4, 0.5) is 4.39 Å². The number of carbonyl (C=O) groups excluding carboxylic acids is 1. The van der Waals surface area contributed by atoms with Crippen molar-refractivity contribution in [2.75, 3.05) is 6.54 Å². The highest BCUT2D eigenvalue weighted by molar-refractivity contribution is 7.21. The molecule has 21 heavy (non-hydrogen) atoms. The molecule has 0 atom stereocenters. The fourth-order valence-corrected chi connectivity index (χ4v) is 3.57. The number of hydrogen-bond acceptors (Lipinski definition) is 3. The third-order valence-corrected chi connectivity index (χ3v) is 4.91. The number of amides is 1. The van der Waals surface area contributed by atoms with Crippen molar-refractivity contribution >= 4 is 33.3 Å². The molecule has 1 fully saturated rings. The first-order valence-electron chi connectivity index (χ1n) is 6.69. The summed E-state index contributed by atoms with van der Waals surface area (Å²) in [6.45, 7) is 1.49. The van der Waals surface area contributed by atoms with Crippen molar-refractivity contribution in [3.8, 4) is 0 Å². The number of hydrogen-bond donors (Lipinski definition) is 1. The fraction of sp³-hybridized carbons (Fsp3) is 0.333. The summed E-state index contributed by atoms with van der Waals surface area (Å²) in [6, 6.07) is 4.45. The topological polar surface area (TPSA) is 57.6 Å². The van der Waals surface area contributed by atoms with Gasteiger partial charge in [-0.05, 0) is 48.9 Å². The van der Waals surface area contributed by atoms with E-state index < -0.39 is 5.97 Å². The van der Waals surface area contributed by atoms with Crippen LogP contribution >= 0.6 is 11.3 Å². The zero-order valence-electron chi connectivity index (χ0n) is 11.4. The number of carboxylic acids is 1. The van der Waals surface area contributed by atoms with E-state index in [-0.39, 0.29) is 24.3 Å². The average Bonchev–Trinajstić information content (AvgIpc) is 3.21. The lowest BCUT2D eigenvalue weighted by atomic mass is 10.1. The molecule has 1 aromatic carbocycles. The largest absolute Gasteiger partial charge is 0.480 e. The molecule has 110 valence electrons. The van der Waals surface area contributed by atoms with Gasteiger partial charge in [0, 0.05) is 10.7 Å². The first-order chi connectivity index (χ1) is 9.97. The monoisotopic (exact) mass is 307 g/mol. The summed E-state index contributed by atoms with van der Waals surface area (Å²) in [6.07, 6.45) is 1.69.